The summed E-state index contributed by atoms with van der Waals surface area (Å²) in [6.45, 7) is -1.02. The predicted octanol–water partition coefficient (Wildman–Crippen LogP) is 3.20. The number of thiazole rings is 1. The van der Waals surface area contributed by atoms with Crippen molar-refractivity contribution in [2.45, 2.75) is 44.6 Å². The summed E-state index contributed by atoms with van der Waals surface area (Å²) in [5.41, 5.74) is 0.886. The van der Waals surface area contributed by atoms with Crippen LogP contribution in [0.2, 0.25) is 0 Å². The number of nitrogens with zero attached hydrogens (tertiary/aromatic N) is 4. The van der Waals surface area contributed by atoms with Crippen molar-refractivity contribution in [1.29, 1.82) is 0 Å². The fourth-order valence-electron chi connectivity index (χ4n) is 4.97. The zero-order valence-corrected chi connectivity index (χ0v) is 24.3. The van der Waals surface area contributed by atoms with Crippen molar-refractivity contribution in [3.63, 3.8) is 0 Å². The largest absolute Gasteiger partial charge is 0.494 e. The van der Waals surface area contributed by atoms with Crippen molar-refractivity contribution in [1.82, 2.24) is 30.7 Å². The van der Waals surface area contributed by atoms with Gasteiger partial charge in [0.05, 0.1) is 30.5 Å². The molecule has 3 amide bonds. The van der Waals surface area contributed by atoms with E-state index in [-0.39, 0.29) is 41.4 Å². The van der Waals surface area contributed by atoms with Crippen molar-refractivity contribution >= 4 is 46.3 Å². The number of rotatable bonds is 12. The second kappa shape index (κ2) is 13.3. The van der Waals surface area contributed by atoms with Crippen LogP contribution < -0.4 is 26.0 Å². The van der Waals surface area contributed by atoms with E-state index in [1.807, 2.05) is 11.4 Å². The molecule has 1 saturated carbocycles. The molecule has 222 valence electrons. The first kappa shape index (κ1) is 25.6. The summed E-state index contributed by atoms with van der Waals surface area (Å²) in [6, 6.07) is 7.22. The van der Waals surface area contributed by atoms with Gasteiger partial charge < -0.3 is 30.9 Å². The lowest BCUT2D eigenvalue weighted by atomic mass is 10.1. The van der Waals surface area contributed by atoms with Gasteiger partial charge in [-0.25, -0.2) is 4.98 Å². The van der Waals surface area contributed by atoms with Crippen LogP contribution in [0.3, 0.4) is 0 Å². The van der Waals surface area contributed by atoms with Gasteiger partial charge in [0.1, 0.15) is 5.01 Å². The van der Waals surface area contributed by atoms with E-state index < -0.39 is 12.9 Å². The number of likely N-dealkylation sites (tertiary alicyclic amines) is 1. The number of nitrogens with one attached hydrogen (secondary N) is 4. The Morgan fingerprint density at radius 3 is 2.79 bits per heavy atom. The van der Waals surface area contributed by atoms with Crippen LogP contribution in [0.15, 0.2) is 30.5 Å². The van der Waals surface area contributed by atoms with Crippen molar-refractivity contribution in [2.75, 3.05) is 44.9 Å². The van der Waals surface area contributed by atoms with Crippen molar-refractivity contribution in [3.05, 3.63) is 41.0 Å². The van der Waals surface area contributed by atoms with E-state index in [4.69, 9.17) is 8.85 Å². The maximum Gasteiger partial charge on any atom is 0.273 e. The number of anilines is 3. The first-order chi connectivity index (χ1) is 21.5. The summed E-state index contributed by atoms with van der Waals surface area (Å²) in [7, 11) is 3.61. The van der Waals surface area contributed by atoms with Crippen LogP contribution in [0.25, 0.3) is 10.6 Å². The number of hydrogen-bond acceptors (Lipinski definition) is 10. The maximum atomic E-state index is 12.8. The van der Waals surface area contributed by atoms with Crippen LogP contribution in [0.1, 0.15) is 51.6 Å². The summed E-state index contributed by atoms with van der Waals surface area (Å²) in [5.74, 6) is -0.834. The highest BCUT2D eigenvalue weighted by molar-refractivity contribution is 7.15. The molecule has 0 radical (unpaired) electrons. The van der Waals surface area contributed by atoms with Gasteiger partial charge in [-0.15, -0.1) is 21.5 Å². The summed E-state index contributed by atoms with van der Waals surface area (Å²) in [4.78, 5) is 45.4. The van der Waals surface area contributed by atoms with Crippen LogP contribution in [0.5, 0.6) is 5.75 Å². The van der Waals surface area contributed by atoms with Gasteiger partial charge in [0.15, 0.2) is 17.3 Å². The number of carbonyl (C=O) groups is 3. The lowest BCUT2D eigenvalue weighted by molar-refractivity contribution is -0.120. The number of methoxy groups -OCH3 is 1. The number of hydrogen-bond donors (Lipinski definition) is 4. The zero-order chi connectivity index (χ0) is 32.1. The molecule has 1 unspecified atom stereocenters. The molecule has 0 bridgehead atoms. The molecule has 12 nitrogen and oxygen atoms in total. The molecule has 13 heteroatoms. The van der Waals surface area contributed by atoms with Gasteiger partial charge in [-0.05, 0) is 57.8 Å². The number of ether oxygens (including phenoxy) is 1. The van der Waals surface area contributed by atoms with Crippen LogP contribution in [0, 0.1) is 5.92 Å². The quantitative estimate of drug-likeness (QED) is 0.247. The third-order valence-corrected chi connectivity index (χ3v) is 8.43. The monoisotopic (exact) mass is 595 g/mol. The highest BCUT2D eigenvalue weighted by Crippen LogP contribution is 2.40. The third kappa shape index (κ3) is 7.02. The first-order valence-electron chi connectivity index (χ1n) is 15.4. The fraction of sp³-hybridized carbons (Fsp3) is 0.448. The minimum Gasteiger partial charge on any atom is -0.494 e. The lowest BCUT2D eigenvalue weighted by Gasteiger charge is -2.19. The van der Waals surface area contributed by atoms with E-state index >= 15 is 0 Å². The molecule has 0 spiro atoms. The molecule has 1 aliphatic carbocycles. The van der Waals surface area contributed by atoms with Crippen molar-refractivity contribution in [2.24, 2.45) is 5.92 Å². The molecule has 1 aromatic carbocycles. The van der Waals surface area contributed by atoms with E-state index in [0.29, 0.717) is 34.6 Å². The van der Waals surface area contributed by atoms with Gasteiger partial charge in [0.25, 0.3) is 5.91 Å². The molecule has 1 aliphatic heterocycles. The molecule has 1 saturated heterocycles. The third-order valence-electron chi connectivity index (χ3n) is 7.40. The van der Waals surface area contributed by atoms with E-state index in [1.165, 1.54) is 30.9 Å². The van der Waals surface area contributed by atoms with E-state index in [2.05, 4.69) is 43.1 Å². The summed E-state index contributed by atoms with van der Waals surface area (Å²) >= 11 is 1.37. The van der Waals surface area contributed by atoms with Crippen LogP contribution in [-0.2, 0) is 16.0 Å². The molecule has 2 fully saturated rings. The average Bonchev–Trinajstić information content (AvgIpc) is 3.61. The number of carbonyl (C=O) groups excluding carboxylic acids is 3. The predicted molar refractivity (Wildman–Crippen MR) is 161 cm³/mol. The lowest BCUT2D eigenvalue weighted by Crippen LogP contribution is -2.32. The summed E-state index contributed by atoms with van der Waals surface area (Å²) in [5, 5.41) is 19.2. The Morgan fingerprint density at radius 2 is 2.05 bits per heavy atom. The van der Waals surface area contributed by atoms with Gasteiger partial charge >= 0.3 is 0 Å². The second-order valence-corrected chi connectivity index (χ2v) is 11.6. The first-order valence-corrected chi connectivity index (χ1v) is 14.7. The van der Waals surface area contributed by atoms with E-state index in [9.17, 15) is 14.4 Å². The molecule has 42 heavy (non-hydrogen) atoms. The molecular formula is C29H36N8O4S. The SMILES string of the molecule is [2H]C([2H])([2H])NC(=O)c1nnc(NC(=O)C2CC2)cc1Nc1cccc(-c2ncc(CC(=O)NCCC3CCCN3C)s2)c1OC. The Hall–Kier alpha value is -4.10. The number of para-hydroxylation sites is 1. The number of benzene rings is 1. The maximum absolute atomic E-state index is 12.8. The molecule has 4 N–H and O–H groups in total. The highest BCUT2D eigenvalue weighted by atomic mass is 32.1. The Bertz CT molecular complexity index is 1560. The molecular weight excluding hydrogens is 556 g/mol. The smallest absolute Gasteiger partial charge is 0.273 e. The fourth-order valence-corrected chi connectivity index (χ4v) is 5.91. The van der Waals surface area contributed by atoms with Gasteiger partial charge in [-0.1, -0.05) is 6.07 Å². The summed E-state index contributed by atoms with van der Waals surface area (Å²) in [6.07, 6.45) is 6.73. The van der Waals surface area contributed by atoms with Gasteiger partial charge in [-0.3, -0.25) is 14.4 Å². The molecule has 5 rings (SSSR count). The highest BCUT2D eigenvalue weighted by Gasteiger charge is 2.30. The van der Waals surface area contributed by atoms with Gasteiger partial charge in [0.2, 0.25) is 11.8 Å². The topological polar surface area (TPSA) is 150 Å². The normalized spacial score (nSPS) is 18.0. The van der Waals surface area contributed by atoms with Crippen LogP contribution in [0.4, 0.5) is 17.2 Å². The Balaban J connectivity index is 1.33. The van der Waals surface area contributed by atoms with E-state index in [0.717, 1.165) is 37.1 Å². The minimum absolute atomic E-state index is 0.0640. The van der Waals surface area contributed by atoms with Crippen molar-refractivity contribution < 1.29 is 23.2 Å². The summed E-state index contributed by atoms with van der Waals surface area (Å²) < 4.78 is 28.0. The van der Waals surface area contributed by atoms with E-state index in [1.54, 1.807) is 18.3 Å². The second-order valence-electron chi connectivity index (χ2n) is 10.4. The molecule has 3 aromatic rings. The van der Waals surface area contributed by atoms with Crippen LogP contribution >= 0.6 is 11.3 Å². The number of amides is 3. The zero-order valence-electron chi connectivity index (χ0n) is 26.5. The number of aromatic nitrogens is 3. The molecule has 2 aliphatic rings. The van der Waals surface area contributed by atoms with Crippen molar-refractivity contribution in [3.8, 4) is 16.3 Å². The van der Waals surface area contributed by atoms with Gasteiger partial charge in [-0.2, -0.15) is 0 Å². The molecule has 3 heterocycles. The molecule has 1 atom stereocenters. The minimum atomic E-state index is -2.75. The average molecular weight is 596 g/mol. The van der Waals surface area contributed by atoms with Gasteiger partial charge in [0, 0.05) is 46.7 Å². The Kier molecular flexibility index (Phi) is 8.08. The van der Waals surface area contributed by atoms with Crippen LogP contribution in [-0.4, -0.2) is 78.1 Å². The standard InChI is InChI=1S/C29H36N8O4S/c1-30-28(40)25-22(15-23(35-36-25)34-27(39)17-9-10-17)33-21-8-4-7-20(26(21)41-3)29-32-16-19(42-29)14-24(38)31-12-11-18-6-5-13-37(18)2/h4,7-8,15-18H,5-6,9-14H2,1-3H3,(H,30,40)(H,31,38)(H2,33,34,35,39)/i1D3. The Morgan fingerprint density at radius 1 is 1.19 bits per heavy atom. The Labute approximate surface area is 252 Å². The molecule has 2 aromatic heterocycles.